The Morgan fingerprint density at radius 3 is 2.83 bits per heavy atom. The Kier molecular flexibility index (Phi) is 7.15. The molecule has 1 spiro atoms. The second kappa shape index (κ2) is 9.42. The zero-order chi connectivity index (χ0) is 19.6. The number of benzene rings is 1. The van der Waals surface area contributed by atoms with Crippen LogP contribution in [0.3, 0.4) is 0 Å². The van der Waals surface area contributed by atoms with Crippen molar-refractivity contribution >= 4 is 35.6 Å². The van der Waals surface area contributed by atoms with Crippen LogP contribution in [0.15, 0.2) is 33.8 Å². The molecule has 1 aromatic heterocycles. The van der Waals surface area contributed by atoms with E-state index in [1.807, 2.05) is 20.9 Å². The highest BCUT2D eigenvalue weighted by atomic mass is 127. The molecular weight excluding hydrogens is 481 g/mol. The minimum Gasteiger partial charge on any atom is -0.371 e. The van der Waals surface area contributed by atoms with Crippen molar-refractivity contribution in [3.63, 3.8) is 0 Å². The van der Waals surface area contributed by atoms with Crippen molar-refractivity contribution in [2.45, 2.75) is 57.6 Å². The van der Waals surface area contributed by atoms with E-state index in [9.17, 15) is 0 Å². The lowest BCUT2D eigenvalue weighted by atomic mass is 9.81. The number of aliphatic imine (C=N–C) groups is 1. The van der Waals surface area contributed by atoms with E-state index in [4.69, 9.17) is 9.26 Å². The Hall–Kier alpha value is -1.68. The molecule has 2 aliphatic rings. The van der Waals surface area contributed by atoms with E-state index in [2.05, 4.69) is 49.6 Å². The summed E-state index contributed by atoms with van der Waals surface area (Å²) < 4.78 is 10.9. The zero-order valence-corrected chi connectivity index (χ0v) is 19.7. The van der Waals surface area contributed by atoms with Gasteiger partial charge in [0.1, 0.15) is 6.10 Å². The van der Waals surface area contributed by atoms with Gasteiger partial charge in [-0.2, -0.15) is 4.98 Å². The number of nitrogens with one attached hydrogen (secondary N) is 1. The Labute approximate surface area is 189 Å². The minimum atomic E-state index is -0.172. The summed E-state index contributed by atoms with van der Waals surface area (Å²) in [5, 5.41) is 7.42. The molecule has 2 aromatic rings. The quantitative estimate of drug-likeness (QED) is 0.369. The molecule has 1 aromatic carbocycles. The predicted octanol–water partition coefficient (Wildman–Crippen LogP) is 4.19. The van der Waals surface area contributed by atoms with Crippen LogP contribution in [0.25, 0.3) is 0 Å². The van der Waals surface area contributed by atoms with Crippen molar-refractivity contribution in [2.75, 3.05) is 25.1 Å². The van der Waals surface area contributed by atoms with Gasteiger partial charge in [0.25, 0.3) is 0 Å². The SMILES string of the molecule is CCOC(C)c1noc(CNC(=NC)N2CC3(CCCC3)c3ccccc32)n1.I. The minimum absolute atomic E-state index is 0. The third-order valence-electron chi connectivity index (χ3n) is 5.92. The number of nitrogens with zero attached hydrogens (tertiary/aromatic N) is 4. The third kappa shape index (κ3) is 4.28. The average molecular weight is 511 g/mol. The second-order valence-corrected chi connectivity index (χ2v) is 7.64. The molecule has 0 radical (unpaired) electrons. The lowest BCUT2D eigenvalue weighted by molar-refractivity contribution is 0.0683. The van der Waals surface area contributed by atoms with E-state index in [1.165, 1.54) is 36.9 Å². The molecule has 0 bridgehead atoms. The van der Waals surface area contributed by atoms with Gasteiger partial charge in [0, 0.05) is 31.3 Å². The molecule has 4 rings (SSSR count). The van der Waals surface area contributed by atoms with Crippen LogP contribution in [0.5, 0.6) is 0 Å². The van der Waals surface area contributed by atoms with Crippen molar-refractivity contribution in [1.82, 2.24) is 15.5 Å². The third-order valence-corrected chi connectivity index (χ3v) is 5.92. The first-order chi connectivity index (χ1) is 13.7. The molecule has 1 aliphatic heterocycles. The molecule has 1 aliphatic carbocycles. The molecule has 29 heavy (non-hydrogen) atoms. The molecular formula is C21H30IN5O2. The Balaban J connectivity index is 0.00000240. The summed E-state index contributed by atoms with van der Waals surface area (Å²) in [5.41, 5.74) is 2.98. The summed E-state index contributed by atoms with van der Waals surface area (Å²) in [7, 11) is 1.82. The number of aromatic nitrogens is 2. The van der Waals surface area contributed by atoms with Gasteiger partial charge in [-0.3, -0.25) is 4.99 Å². The second-order valence-electron chi connectivity index (χ2n) is 7.64. The monoisotopic (exact) mass is 511 g/mol. The zero-order valence-electron chi connectivity index (χ0n) is 17.4. The molecule has 8 heteroatoms. The normalized spacial score (nSPS) is 18.6. The number of para-hydroxylation sites is 1. The summed E-state index contributed by atoms with van der Waals surface area (Å²) >= 11 is 0. The molecule has 7 nitrogen and oxygen atoms in total. The number of anilines is 1. The fraction of sp³-hybridized carbons (Fsp3) is 0.571. The van der Waals surface area contributed by atoms with Gasteiger partial charge < -0.3 is 19.5 Å². The summed E-state index contributed by atoms with van der Waals surface area (Å²) in [6.45, 7) is 5.90. The van der Waals surface area contributed by atoms with Crippen molar-refractivity contribution < 1.29 is 9.26 Å². The van der Waals surface area contributed by atoms with Crippen LogP contribution >= 0.6 is 24.0 Å². The van der Waals surface area contributed by atoms with Gasteiger partial charge in [-0.1, -0.05) is 36.2 Å². The van der Waals surface area contributed by atoms with Gasteiger partial charge in [-0.05, 0) is 38.3 Å². The predicted molar refractivity (Wildman–Crippen MR) is 124 cm³/mol. The summed E-state index contributed by atoms with van der Waals surface area (Å²) in [6.07, 6.45) is 4.93. The van der Waals surface area contributed by atoms with Crippen LogP contribution in [0.1, 0.15) is 62.9 Å². The molecule has 1 N–H and O–H groups in total. The van der Waals surface area contributed by atoms with Crippen LogP contribution in [-0.2, 0) is 16.7 Å². The standard InChI is InChI=1S/C21H29N5O2.HI/c1-4-27-15(2)19-24-18(28-25-19)13-23-20(22-3)26-14-21(11-7-8-12-21)16-9-5-6-10-17(16)26;/h5-6,9-10,15H,4,7-8,11-14H2,1-3H3,(H,22,23);1H. The van der Waals surface area contributed by atoms with Crippen LogP contribution in [0.2, 0.25) is 0 Å². The van der Waals surface area contributed by atoms with Crippen molar-refractivity contribution in [2.24, 2.45) is 4.99 Å². The van der Waals surface area contributed by atoms with Crippen LogP contribution in [-0.4, -0.2) is 36.3 Å². The molecule has 1 atom stereocenters. The highest BCUT2D eigenvalue weighted by Crippen LogP contribution is 2.50. The highest BCUT2D eigenvalue weighted by Gasteiger charge is 2.45. The number of hydrogen-bond acceptors (Lipinski definition) is 5. The van der Waals surface area contributed by atoms with Crippen molar-refractivity contribution in [3.05, 3.63) is 41.5 Å². The molecule has 0 amide bonds. The fourth-order valence-corrected chi connectivity index (χ4v) is 4.58. The largest absolute Gasteiger partial charge is 0.371 e. The van der Waals surface area contributed by atoms with Gasteiger partial charge in [-0.25, -0.2) is 0 Å². The molecule has 1 saturated carbocycles. The van der Waals surface area contributed by atoms with E-state index in [0.717, 1.165) is 12.5 Å². The molecule has 0 saturated heterocycles. The maximum Gasteiger partial charge on any atom is 0.246 e. The van der Waals surface area contributed by atoms with Gasteiger partial charge in [-0.15, -0.1) is 24.0 Å². The Morgan fingerprint density at radius 2 is 2.10 bits per heavy atom. The van der Waals surface area contributed by atoms with Crippen LogP contribution < -0.4 is 10.2 Å². The lowest BCUT2D eigenvalue weighted by Crippen LogP contribution is -2.43. The maximum atomic E-state index is 5.52. The van der Waals surface area contributed by atoms with E-state index in [0.29, 0.717) is 24.9 Å². The van der Waals surface area contributed by atoms with Crippen molar-refractivity contribution in [3.8, 4) is 0 Å². The number of ether oxygens (including phenoxy) is 1. The molecule has 158 valence electrons. The Morgan fingerprint density at radius 1 is 1.34 bits per heavy atom. The number of hydrogen-bond donors (Lipinski definition) is 1. The van der Waals surface area contributed by atoms with Crippen LogP contribution in [0, 0.1) is 0 Å². The number of guanidine groups is 1. The maximum absolute atomic E-state index is 5.52. The van der Waals surface area contributed by atoms with Gasteiger partial charge in [0.2, 0.25) is 5.89 Å². The Bertz CT molecular complexity index is 847. The number of rotatable bonds is 5. The van der Waals surface area contributed by atoms with E-state index in [-0.39, 0.29) is 35.5 Å². The summed E-state index contributed by atoms with van der Waals surface area (Å²) in [6, 6.07) is 8.74. The number of fused-ring (bicyclic) bond motifs is 2. The van der Waals surface area contributed by atoms with Crippen molar-refractivity contribution in [1.29, 1.82) is 0 Å². The summed E-state index contributed by atoms with van der Waals surface area (Å²) in [5.74, 6) is 1.95. The van der Waals surface area contributed by atoms with E-state index in [1.54, 1.807) is 0 Å². The molecule has 1 unspecified atom stereocenters. The topological polar surface area (TPSA) is 75.8 Å². The van der Waals surface area contributed by atoms with Gasteiger partial charge in [0.15, 0.2) is 11.8 Å². The van der Waals surface area contributed by atoms with E-state index < -0.39 is 0 Å². The average Bonchev–Trinajstić information content (AvgIpc) is 3.44. The first-order valence-electron chi connectivity index (χ1n) is 10.2. The van der Waals surface area contributed by atoms with E-state index >= 15 is 0 Å². The summed E-state index contributed by atoms with van der Waals surface area (Å²) in [4.78, 5) is 11.3. The molecule has 2 heterocycles. The number of halogens is 1. The molecule has 1 fully saturated rings. The first-order valence-corrected chi connectivity index (χ1v) is 10.2. The van der Waals surface area contributed by atoms with Gasteiger partial charge >= 0.3 is 0 Å². The van der Waals surface area contributed by atoms with Crippen LogP contribution in [0.4, 0.5) is 5.69 Å². The smallest absolute Gasteiger partial charge is 0.246 e. The first kappa shape index (κ1) is 22.0. The van der Waals surface area contributed by atoms with Gasteiger partial charge in [0.05, 0.1) is 6.54 Å². The lowest BCUT2D eigenvalue weighted by Gasteiger charge is -2.26. The fourth-order valence-electron chi connectivity index (χ4n) is 4.58. The highest BCUT2D eigenvalue weighted by molar-refractivity contribution is 14.0.